The quantitative estimate of drug-likeness (QED) is 0.655. The highest BCUT2D eigenvalue weighted by Crippen LogP contribution is 2.16. The second kappa shape index (κ2) is 3.35. The van der Waals surface area contributed by atoms with Gasteiger partial charge in [-0.1, -0.05) is 0 Å². The lowest BCUT2D eigenvalue weighted by atomic mass is 10.0. The zero-order chi connectivity index (χ0) is 8.36. The molecule has 1 unspecified atom stereocenters. The molecular weight excluding hydrogens is 128 g/mol. The second-order valence-corrected chi connectivity index (χ2v) is 3.45. The summed E-state index contributed by atoms with van der Waals surface area (Å²) < 4.78 is 5.45. The molecule has 0 aliphatic carbocycles. The van der Waals surface area contributed by atoms with E-state index in [0.717, 1.165) is 0 Å². The molecular formula is C8H18O2. The minimum atomic E-state index is -0.422. The van der Waals surface area contributed by atoms with E-state index in [1.807, 2.05) is 27.7 Å². The van der Waals surface area contributed by atoms with Crippen molar-refractivity contribution >= 4 is 0 Å². The maximum Gasteiger partial charge on any atom is 0.0884 e. The summed E-state index contributed by atoms with van der Waals surface area (Å²) in [6.45, 7) is 9.44. The van der Waals surface area contributed by atoms with Crippen LogP contribution in [0.5, 0.6) is 0 Å². The Morgan fingerprint density at radius 3 is 1.70 bits per heavy atom. The maximum absolute atomic E-state index is 9.20. The normalized spacial score (nSPS) is 15.9. The van der Waals surface area contributed by atoms with Crippen LogP contribution in [0.4, 0.5) is 0 Å². The van der Waals surface area contributed by atoms with Gasteiger partial charge in [-0.05, 0) is 34.6 Å². The molecule has 0 saturated carbocycles. The van der Waals surface area contributed by atoms with Crippen molar-refractivity contribution in [1.29, 1.82) is 0 Å². The first kappa shape index (κ1) is 9.92. The molecule has 1 atom stereocenters. The van der Waals surface area contributed by atoms with E-state index in [-0.39, 0.29) is 6.10 Å². The molecule has 0 amide bonds. The number of rotatable bonds is 3. The number of aliphatic hydroxyl groups excluding tert-OH is 1. The van der Waals surface area contributed by atoms with Crippen LogP contribution in [0.25, 0.3) is 0 Å². The number of ether oxygens (including phenoxy) is 1. The molecule has 0 aromatic carbocycles. The van der Waals surface area contributed by atoms with Crippen LogP contribution < -0.4 is 0 Å². The first-order chi connectivity index (χ1) is 4.36. The van der Waals surface area contributed by atoms with Crippen LogP contribution in [0.1, 0.15) is 34.6 Å². The van der Waals surface area contributed by atoms with Crippen LogP contribution in [-0.2, 0) is 4.74 Å². The third-order valence-corrected chi connectivity index (χ3v) is 1.55. The van der Waals surface area contributed by atoms with E-state index < -0.39 is 11.7 Å². The molecule has 0 aromatic rings. The molecule has 62 valence electrons. The Kier molecular flexibility index (Phi) is 3.33. The molecule has 0 rings (SSSR count). The fourth-order valence-electron chi connectivity index (χ4n) is 0.706. The molecule has 0 fully saturated rings. The van der Waals surface area contributed by atoms with E-state index in [4.69, 9.17) is 4.74 Å². The van der Waals surface area contributed by atoms with Crippen molar-refractivity contribution in [2.24, 2.45) is 0 Å². The van der Waals surface area contributed by atoms with Gasteiger partial charge >= 0.3 is 0 Å². The van der Waals surface area contributed by atoms with E-state index in [1.54, 1.807) is 6.92 Å². The molecule has 1 N–H and O–H groups in total. The number of hydrogen-bond acceptors (Lipinski definition) is 2. The molecule has 0 saturated heterocycles. The van der Waals surface area contributed by atoms with Gasteiger partial charge in [0.1, 0.15) is 0 Å². The summed E-state index contributed by atoms with van der Waals surface area (Å²) in [5, 5.41) is 9.20. The lowest BCUT2D eigenvalue weighted by molar-refractivity contribution is -0.118. The molecule has 0 heterocycles. The van der Waals surface area contributed by atoms with Crippen LogP contribution in [0, 0.1) is 0 Å². The average molecular weight is 146 g/mol. The van der Waals surface area contributed by atoms with Crippen LogP contribution in [0.3, 0.4) is 0 Å². The van der Waals surface area contributed by atoms with Gasteiger partial charge in [0.05, 0.1) is 17.8 Å². The largest absolute Gasteiger partial charge is 0.390 e. The Hall–Kier alpha value is -0.0800. The Labute approximate surface area is 63.2 Å². The first-order valence-electron chi connectivity index (χ1n) is 3.72. The monoisotopic (exact) mass is 146 g/mol. The SMILES string of the molecule is CC(C)OC(C)(C)C(C)O. The summed E-state index contributed by atoms with van der Waals surface area (Å²) in [7, 11) is 0. The van der Waals surface area contributed by atoms with Crippen molar-refractivity contribution in [3.8, 4) is 0 Å². The minimum Gasteiger partial charge on any atom is -0.390 e. The fourth-order valence-corrected chi connectivity index (χ4v) is 0.706. The van der Waals surface area contributed by atoms with Crippen molar-refractivity contribution in [1.82, 2.24) is 0 Å². The molecule has 0 aliphatic heterocycles. The summed E-state index contributed by atoms with van der Waals surface area (Å²) in [4.78, 5) is 0. The van der Waals surface area contributed by atoms with Gasteiger partial charge in [0, 0.05) is 0 Å². The zero-order valence-corrected chi connectivity index (χ0v) is 7.51. The van der Waals surface area contributed by atoms with Crippen molar-refractivity contribution in [3.05, 3.63) is 0 Å². The highest BCUT2D eigenvalue weighted by Gasteiger charge is 2.25. The van der Waals surface area contributed by atoms with Crippen molar-refractivity contribution in [2.75, 3.05) is 0 Å². The average Bonchev–Trinajstić information content (AvgIpc) is 1.60. The molecule has 0 aliphatic rings. The van der Waals surface area contributed by atoms with E-state index in [1.165, 1.54) is 0 Å². The standard InChI is InChI=1S/C8H18O2/c1-6(2)10-8(4,5)7(3)9/h6-7,9H,1-5H3. The first-order valence-corrected chi connectivity index (χ1v) is 3.72. The van der Waals surface area contributed by atoms with Crippen molar-refractivity contribution in [3.63, 3.8) is 0 Å². The van der Waals surface area contributed by atoms with Crippen molar-refractivity contribution in [2.45, 2.75) is 52.4 Å². The Balaban J connectivity index is 3.87. The Morgan fingerprint density at radius 1 is 1.20 bits per heavy atom. The highest BCUT2D eigenvalue weighted by atomic mass is 16.5. The van der Waals surface area contributed by atoms with Crippen LogP contribution in [0.2, 0.25) is 0 Å². The molecule has 2 nitrogen and oxygen atoms in total. The molecule has 10 heavy (non-hydrogen) atoms. The summed E-state index contributed by atoms with van der Waals surface area (Å²) >= 11 is 0. The van der Waals surface area contributed by atoms with E-state index in [9.17, 15) is 5.11 Å². The van der Waals surface area contributed by atoms with Gasteiger partial charge in [-0.15, -0.1) is 0 Å². The summed E-state index contributed by atoms with van der Waals surface area (Å²) in [6, 6.07) is 0. The molecule has 0 aromatic heterocycles. The van der Waals surface area contributed by atoms with E-state index >= 15 is 0 Å². The molecule has 2 heteroatoms. The summed E-state index contributed by atoms with van der Waals surface area (Å²) in [6.07, 6.45) is -0.250. The van der Waals surface area contributed by atoms with Gasteiger partial charge in [-0.2, -0.15) is 0 Å². The van der Waals surface area contributed by atoms with E-state index in [0.29, 0.717) is 0 Å². The Morgan fingerprint density at radius 2 is 1.60 bits per heavy atom. The van der Waals surface area contributed by atoms with Gasteiger partial charge in [-0.3, -0.25) is 0 Å². The number of hydrogen-bond donors (Lipinski definition) is 1. The van der Waals surface area contributed by atoms with Gasteiger partial charge in [0.25, 0.3) is 0 Å². The lowest BCUT2D eigenvalue weighted by Crippen LogP contribution is -2.38. The van der Waals surface area contributed by atoms with Crippen LogP contribution in [0.15, 0.2) is 0 Å². The predicted octanol–water partition coefficient (Wildman–Crippen LogP) is 1.57. The summed E-state index contributed by atoms with van der Waals surface area (Å²) in [5.74, 6) is 0. The third-order valence-electron chi connectivity index (χ3n) is 1.55. The lowest BCUT2D eigenvalue weighted by Gasteiger charge is -2.30. The topological polar surface area (TPSA) is 29.5 Å². The van der Waals surface area contributed by atoms with Gasteiger partial charge in [0.15, 0.2) is 0 Å². The van der Waals surface area contributed by atoms with Gasteiger partial charge in [-0.25, -0.2) is 0 Å². The smallest absolute Gasteiger partial charge is 0.0884 e. The number of aliphatic hydroxyl groups is 1. The predicted molar refractivity (Wildman–Crippen MR) is 42.0 cm³/mol. The van der Waals surface area contributed by atoms with E-state index in [2.05, 4.69) is 0 Å². The van der Waals surface area contributed by atoms with Gasteiger partial charge in [0.2, 0.25) is 0 Å². The maximum atomic E-state index is 9.20. The third kappa shape index (κ3) is 3.18. The van der Waals surface area contributed by atoms with Crippen LogP contribution in [-0.4, -0.2) is 22.9 Å². The molecule has 0 bridgehead atoms. The minimum absolute atomic E-state index is 0.171. The zero-order valence-electron chi connectivity index (χ0n) is 7.51. The summed E-state index contributed by atoms with van der Waals surface area (Å²) in [5.41, 5.74) is -0.422. The fraction of sp³-hybridized carbons (Fsp3) is 1.00. The van der Waals surface area contributed by atoms with Crippen LogP contribution >= 0.6 is 0 Å². The van der Waals surface area contributed by atoms with Crippen molar-refractivity contribution < 1.29 is 9.84 Å². The Bertz CT molecular complexity index is 95.4. The van der Waals surface area contributed by atoms with Gasteiger partial charge < -0.3 is 9.84 Å². The highest BCUT2D eigenvalue weighted by molar-refractivity contribution is 4.75. The molecule has 0 radical (unpaired) electrons. The molecule has 0 spiro atoms. The second-order valence-electron chi connectivity index (χ2n) is 3.45.